The molecule has 13 nitrogen and oxygen atoms in total. The van der Waals surface area contributed by atoms with E-state index in [4.69, 9.17) is 28.1 Å². The van der Waals surface area contributed by atoms with Crippen molar-refractivity contribution in [2.24, 2.45) is 0 Å². The van der Waals surface area contributed by atoms with Crippen LogP contribution in [0.25, 0.3) is 22.3 Å². The van der Waals surface area contributed by atoms with E-state index < -0.39 is 54.2 Å². The Bertz CT molecular complexity index is 1350. The highest BCUT2D eigenvalue weighted by Gasteiger charge is 2.45. The summed E-state index contributed by atoms with van der Waals surface area (Å²) >= 11 is 0. The summed E-state index contributed by atoms with van der Waals surface area (Å²) in [4.78, 5) is 13.4. The summed E-state index contributed by atoms with van der Waals surface area (Å²) in [7, 11) is 3.83. The number of methoxy groups -OCH3 is 3. The molecule has 1 aliphatic heterocycles. The SMILES string of the molecule is COc1cc(-c2oc3cc(OC)c(O[C@H]4O[C@H](CO)[C@@H](O)[C@H](O)[C@H]4O)c(O)c3c(=O)c2OC)ccc1O. The lowest BCUT2D eigenvalue weighted by atomic mass is 9.99. The summed E-state index contributed by atoms with van der Waals surface area (Å²) in [5.74, 6) is -1.64. The Morgan fingerprint density at radius 1 is 0.892 bits per heavy atom. The third-order valence-corrected chi connectivity index (χ3v) is 5.98. The first-order valence-corrected chi connectivity index (χ1v) is 11.0. The summed E-state index contributed by atoms with van der Waals surface area (Å²) < 4.78 is 32.5. The fourth-order valence-corrected chi connectivity index (χ4v) is 4.02. The molecule has 0 bridgehead atoms. The lowest BCUT2D eigenvalue weighted by molar-refractivity contribution is -0.277. The predicted molar refractivity (Wildman–Crippen MR) is 125 cm³/mol. The minimum absolute atomic E-state index is 0.0256. The molecule has 2 heterocycles. The van der Waals surface area contributed by atoms with E-state index in [-0.39, 0.29) is 39.7 Å². The van der Waals surface area contributed by atoms with Gasteiger partial charge in [-0.2, -0.15) is 0 Å². The molecule has 1 aromatic heterocycles. The van der Waals surface area contributed by atoms with Crippen molar-refractivity contribution in [3.63, 3.8) is 0 Å². The van der Waals surface area contributed by atoms with Crippen molar-refractivity contribution in [1.82, 2.24) is 0 Å². The standard InChI is InChI=1S/C24H26O13/c1-32-11-6-9(4-5-10(11)26)21-23(34-3)18(29)15-12(35-21)7-13(33-2)22(17(15)28)37-24-20(31)19(30)16(27)14(8-25)36-24/h4-7,14,16,19-20,24-28,30-31H,8H2,1-3H3/t14-,16-,19+,20-,24-/m1/s1. The number of benzene rings is 2. The molecule has 200 valence electrons. The number of phenolic OH excluding ortho intramolecular Hbond substituents is 2. The number of rotatable bonds is 7. The Balaban J connectivity index is 1.86. The molecule has 0 radical (unpaired) electrons. The zero-order chi connectivity index (χ0) is 27.0. The first kappa shape index (κ1) is 26.3. The second kappa shape index (κ2) is 10.3. The van der Waals surface area contributed by atoms with Crippen LogP contribution in [0, 0.1) is 0 Å². The molecule has 0 amide bonds. The molecule has 6 N–H and O–H groups in total. The van der Waals surface area contributed by atoms with Gasteiger partial charge in [0.2, 0.25) is 23.2 Å². The van der Waals surface area contributed by atoms with Gasteiger partial charge in [-0.15, -0.1) is 0 Å². The molecule has 0 unspecified atom stereocenters. The zero-order valence-corrected chi connectivity index (χ0v) is 19.9. The van der Waals surface area contributed by atoms with Crippen LogP contribution < -0.4 is 24.4 Å². The molecule has 4 rings (SSSR count). The van der Waals surface area contributed by atoms with Gasteiger partial charge in [0, 0.05) is 11.6 Å². The maximum absolute atomic E-state index is 13.4. The van der Waals surface area contributed by atoms with E-state index in [1.807, 2.05) is 0 Å². The van der Waals surface area contributed by atoms with Crippen molar-refractivity contribution in [1.29, 1.82) is 0 Å². The molecule has 1 fully saturated rings. The van der Waals surface area contributed by atoms with Crippen molar-refractivity contribution < 1.29 is 58.7 Å². The molecule has 37 heavy (non-hydrogen) atoms. The average Bonchev–Trinajstić information content (AvgIpc) is 2.89. The number of hydrogen-bond donors (Lipinski definition) is 6. The summed E-state index contributed by atoms with van der Waals surface area (Å²) in [5.41, 5.74) is -0.585. The van der Waals surface area contributed by atoms with Crippen LogP contribution >= 0.6 is 0 Å². The van der Waals surface area contributed by atoms with Crippen LogP contribution in [0.15, 0.2) is 33.5 Å². The number of phenols is 2. The maximum Gasteiger partial charge on any atom is 0.239 e. The molecule has 1 aliphatic rings. The van der Waals surface area contributed by atoms with Gasteiger partial charge >= 0.3 is 0 Å². The van der Waals surface area contributed by atoms with E-state index in [0.717, 1.165) is 0 Å². The third kappa shape index (κ3) is 4.47. The van der Waals surface area contributed by atoms with E-state index in [2.05, 4.69) is 0 Å². The molecule has 2 aromatic carbocycles. The highest BCUT2D eigenvalue weighted by Crippen LogP contribution is 2.45. The van der Waals surface area contributed by atoms with Crippen LogP contribution in [0.4, 0.5) is 0 Å². The molecule has 3 aromatic rings. The number of aromatic hydroxyl groups is 2. The quantitative estimate of drug-likeness (QED) is 0.244. The molecule has 0 saturated carbocycles. The molecule has 13 heteroatoms. The van der Waals surface area contributed by atoms with Crippen LogP contribution in [0.5, 0.6) is 34.5 Å². The van der Waals surface area contributed by atoms with Crippen molar-refractivity contribution in [3.8, 4) is 45.8 Å². The maximum atomic E-state index is 13.4. The first-order chi connectivity index (χ1) is 17.7. The van der Waals surface area contributed by atoms with Gasteiger partial charge in [0.15, 0.2) is 28.8 Å². The summed E-state index contributed by atoms with van der Waals surface area (Å²) in [6.07, 6.45) is -8.08. The number of hydrogen-bond acceptors (Lipinski definition) is 13. The Morgan fingerprint density at radius 3 is 2.22 bits per heavy atom. The van der Waals surface area contributed by atoms with E-state index in [1.165, 1.54) is 45.6 Å². The number of fused-ring (bicyclic) bond motifs is 1. The molecular formula is C24H26O13. The summed E-state index contributed by atoms with van der Waals surface area (Å²) in [6.45, 7) is -0.697. The van der Waals surface area contributed by atoms with Gasteiger partial charge in [0.25, 0.3) is 0 Å². The van der Waals surface area contributed by atoms with Gasteiger partial charge in [-0.3, -0.25) is 4.79 Å². The Labute approximate surface area is 209 Å². The molecule has 0 aliphatic carbocycles. The van der Waals surface area contributed by atoms with E-state index in [9.17, 15) is 35.4 Å². The summed E-state index contributed by atoms with van der Waals surface area (Å²) in [5, 5.41) is 60.3. The van der Waals surface area contributed by atoms with Gasteiger partial charge < -0.3 is 58.7 Å². The monoisotopic (exact) mass is 522 g/mol. The van der Waals surface area contributed by atoms with E-state index in [1.54, 1.807) is 0 Å². The molecule has 1 saturated heterocycles. The van der Waals surface area contributed by atoms with Gasteiger partial charge in [-0.1, -0.05) is 0 Å². The van der Waals surface area contributed by atoms with Crippen LogP contribution in [-0.2, 0) is 4.74 Å². The van der Waals surface area contributed by atoms with Crippen LogP contribution in [-0.4, -0.2) is 89.3 Å². The van der Waals surface area contributed by atoms with E-state index in [0.29, 0.717) is 5.56 Å². The lowest BCUT2D eigenvalue weighted by Crippen LogP contribution is -2.60. The highest BCUT2D eigenvalue weighted by molar-refractivity contribution is 5.91. The summed E-state index contributed by atoms with van der Waals surface area (Å²) in [6, 6.07) is 5.48. The largest absolute Gasteiger partial charge is 0.504 e. The van der Waals surface area contributed by atoms with Gasteiger partial charge in [0.05, 0.1) is 27.9 Å². The minimum Gasteiger partial charge on any atom is -0.504 e. The number of ether oxygens (including phenoxy) is 5. The minimum atomic E-state index is -1.78. The van der Waals surface area contributed by atoms with E-state index >= 15 is 0 Å². The van der Waals surface area contributed by atoms with Crippen LogP contribution in [0.2, 0.25) is 0 Å². The van der Waals surface area contributed by atoms with Gasteiger partial charge in [0.1, 0.15) is 35.4 Å². The van der Waals surface area contributed by atoms with Crippen molar-refractivity contribution in [2.75, 3.05) is 27.9 Å². The first-order valence-electron chi connectivity index (χ1n) is 11.0. The molecule has 0 spiro atoms. The second-order valence-electron chi connectivity index (χ2n) is 8.13. The number of aliphatic hydroxyl groups excluding tert-OH is 4. The van der Waals surface area contributed by atoms with Crippen molar-refractivity contribution >= 4 is 11.0 Å². The molecule has 5 atom stereocenters. The van der Waals surface area contributed by atoms with Gasteiger partial charge in [-0.25, -0.2) is 0 Å². The fraction of sp³-hybridized carbons (Fsp3) is 0.375. The van der Waals surface area contributed by atoms with Crippen molar-refractivity contribution in [2.45, 2.75) is 30.7 Å². The van der Waals surface area contributed by atoms with Crippen LogP contribution in [0.1, 0.15) is 0 Å². The predicted octanol–water partition coefficient (Wildman–Crippen LogP) is 0.0757. The van der Waals surface area contributed by atoms with Crippen LogP contribution in [0.3, 0.4) is 0 Å². The average molecular weight is 522 g/mol. The lowest BCUT2D eigenvalue weighted by Gasteiger charge is -2.39. The Kier molecular flexibility index (Phi) is 7.34. The van der Waals surface area contributed by atoms with Crippen molar-refractivity contribution in [3.05, 3.63) is 34.5 Å². The van der Waals surface area contributed by atoms with Gasteiger partial charge in [-0.05, 0) is 18.2 Å². The highest BCUT2D eigenvalue weighted by atomic mass is 16.7. The fourth-order valence-electron chi connectivity index (χ4n) is 4.02. The Hall–Kier alpha value is -3.75. The molecular weight excluding hydrogens is 496 g/mol. The third-order valence-electron chi connectivity index (χ3n) is 5.98. The smallest absolute Gasteiger partial charge is 0.239 e. The number of aliphatic hydroxyl groups is 4. The zero-order valence-electron chi connectivity index (χ0n) is 19.9. The normalized spacial score (nSPS) is 23.6. The second-order valence-corrected chi connectivity index (χ2v) is 8.13. The topological polar surface area (TPSA) is 198 Å². The Morgan fingerprint density at radius 2 is 1.59 bits per heavy atom.